The Hall–Kier alpha value is -2.32. The average Bonchev–Trinajstić information content (AvgIpc) is 2.51. The third-order valence-corrected chi connectivity index (χ3v) is 2.19. The number of hydrogen-bond donors (Lipinski definition) is 3. The Kier molecular flexibility index (Phi) is 3.86. The molecule has 0 unspecified atom stereocenters. The van der Waals surface area contributed by atoms with Crippen LogP contribution in [0.3, 0.4) is 0 Å². The smallest absolute Gasteiger partial charge is 0.363 e. The molecule has 94 valence electrons. The van der Waals surface area contributed by atoms with Gasteiger partial charge in [0.25, 0.3) is 0 Å². The maximum atomic E-state index is 10.7. The van der Waals surface area contributed by atoms with Crippen molar-refractivity contribution in [1.29, 1.82) is 0 Å². The number of nitrogens with two attached hydrogens (primary N) is 1. The van der Waals surface area contributed by atoms with Crippen molar-refractivity contribution in [3.63, 3.8) is 0 Å². The van der Waals surface area contributed by atoms with Crippen LogP contribution in [0.5, 0.6) is 0 Å². The Morgan fingerprint density at radius 2 is 2.24 bits per heavy atom. The van der Waals surface area contributed by atoms with Crippen molar-refractivity contribution in [2.45, 2.75) is 6.92 Å². The number of amides is 2. The fraction of sp³-hybridized carbons (Fsp3) is 0.500. The van der Waals surface area contributed by atoms with E-state index in [-0.39, 0.29) is 12.4 Å². The molecule has 9 nitrogen and oxygen atoms in total. The first-order valence-corrected chi connectivity index (χ1v) is 4.88. The fourth-order valence-corrected chi connectivity index (χ4v) is 1.28. The summed E-state index contributed by atoms with van der Waals surface area (Å²) in [7, 11) is 1.67. The van der Waals surface area contributed by atoms with Gasteiger partial charge in [-0.05, 0) is 9.91 Å². The number of nitro groups is 1. The lowest BCUT2D eigenvalue weighted by Gasteiger charge is -2.06. The molecule has 17 heavy (non-hydrogen) atoms. The summed E-state index contributed by atoms with van der Waals surface area (Å²) >= 11 is 0. The Balaban J connectivity index is 2.69. The maximum Gasteiger partial charge on any atom is 0.406 e. The molecule has 2 amide bonds. The zero-order valence-corrected chi connectivity index (χ0v) is 9.56. The summed E-state index contributed by atoms with van der Waals surface area (Å²) < 4.78 is 1.57. The van der Waals surface area contributed by atoms with Gasteiger partial charge in [0.15, 0.2) is 0 Å². The number of hydrogen-bond acceptors (Lipinski definition) is 5. The van der Waals surface area contributed by atoms with E-state index in [0.717, 1.165) is 0 Å². The number of aromatic nitrogens is 2. The summed E-state index contributed by atoms with van der Waals surface area (Å²) in [5.41, 5.74) is 4.88. The second-order valence-electron chi connectivity index (χ2n) is 3.37. The molecule has 0 aliphatic rings. The molecule has 0 bridgehead atoms. The number of primary amides is 1. The monoisotopic (exact) mass is 242 g/mol. The third kappa shape index (κ3) is 3.06. The summed E-state index contributed by atoms with van der Waals surface area (Å²) in [6, 6.07) is -0.637. The molecule has 9 heteroatoms. The van der Waals surface area contributed by atoms with Gasteiger partial charge in [0.05, 0.1) is 0 Å². The Bertz CT molecular complexity index is 441. The molecule has 0 saturated heterocycles. The zero-order chi connectivity index (χ0) is 13.0. The Morgan fingerprint density at radius 3 is 2.76 bits per heavy atom. The van der Waals surface area contributed by atoms with Crippen LogP contribution in [-0.4, -0.2) is 33.6 Å². The van der Waals surface area contributed by atoms with E-state index >= 15 is 0 Å². The third-order valence-electron chi connectivity index (χ3n) is 2.19. The topological polar surface area (TPSA) is 128 Å². The summed E-state index contributed by atoms with van der Waals surface area (Å²) in [5.74, 6) is 0.602. The van der Waals surface area contributed by atoms with Gasteiger partial charge >= 0.3 is 11.8 Å². The quantitative estimate of drug-likeness (QED) is 0.371. The minimum absolute atomic E-state index is 0.232. The van der Waals surface area contributed by atoms with Crippen LogP contribution in [0.2, 0.25) is 0 Å². The Labute approximate surface area is 97.1 Å². The Morgan fingerprint density at radius 1 is 1.59 bits per heavy atom. The van der Waals surface area contributed by atoms with Gasteiger partial charge in [-0.3, -0.25) is 4.57 Å². The molecule has 0 fully saturated rings. The van der Waals surface area contributed by atoms with E-state index in [4.69, 9.17) is 5.73 Å². The highest BCUT2D eigenvalue weighted by Gasteiger charge is 2.22. The van der Waals surface area contributed by atoms with E-state index in [0.29, 0.717) is 18.2 Å². The van der Waals surface area contributed by atoms with Gasteiger partial charge in [0.1, 0.15) is 0 Å². The molecular weight excluding hydrogens is 228 g/mol. The van der Waals surface area contributed by atoms with E-state index in [1.54, 1.807) is 18.5 Å². The molecule has 0 spiro atoms. The van der Waals surface area contributed by atoms with Crippen LogP contribution in [0, 0.1) is 17.0 Å². The van der Waals surface area contributed by atoms with Crippen LogP contribution in [0.4, 0.5) is 16.4 Å². The van der Waals surface area contributed by atoms with E-state index in [1.807, 2.05) is 0 Å². The molecule has 0 aliphatic heterocycles. The fourth-order valence-electron chi connectivity index (χ4n) is 1.28. The van der Waals surface area contributed by atoms with Crippen LogP contribution in [-0.2, 0) is 7.05 Å². The van der Waals surface area contributed by atoms with Crippen LogP contribution >= 0.6 is 0 Å². The molecule has 1 aromatic heterocycles. The summed E-state index contributed by atoms with van der Waals surface area (Å²) in [5, 5.41) is 15.9. The highest BCUT2D eigenvalue weighted by Crippen LogP contribution is 2.23. The highest BCUT2D eigenvalue weighted by molar-refractivity contribution is 5.71. The maximum absolute atomic E-state index is 10.7. The number of carbonyl (C=O) groups excluding carboxylic acids is 1. The van der Waals surface area contributed by atoms with E-state index in [9.17, 15) is 14.9 Å². The number of aryl methyl sites for hydroxylation is 1. The number of nitrogens with zero attached hydrogens (tertiary/aromatic N) is 3. The van der Waals surface area contributed by atoms with Gasteiger partial charge in [-0.2, -0.15) is 0 Å². The average molecular weight is 242 g/mol. The van der Waals surface area contributed by atoms with Gasteiger partial charge in [0.2, 0.25) is 11.6 Å². The molecule has 1 rings (SSSR count). The van der Waals surface area contributed by atoms with Crippen molar-refractivity contribution in [1.82, 2.24) is 14.9 Å². The molecule has 0 atom stereocenters. The second kappa shape index (κ2) is 5.14. The van der Waals surface area contributed by atoms with E-state index in [1.165, 1.54) is 0 Å². The lowest BCUT2D eigenvalue weighted by Crippen LogP contribution is -2.33. The first kappa shape index (κ1) is 12.7. The predicted octanol–water partition coefficient (Wildman–Crippen LogP) is -0.283. The van der Waals surface area contributed by atoms with E-state index < -0.39 is 11.0 Å². The molecule has 0 saturated carbocycles. The standard InChI is InChI=1S/C8H14N6O3/c1-5-12-7(14(16)17)6(13(5)2)10-3-4-11-8(9)15/h10H,3-4H2,1-2H3,(H3,9,11,15). The van der Waals surface area contributed by atoms with Crippen molar-refractivity contribution < 1.29 is 9.72 Å². The molecular formula is C8H14N6O3. The van der Waals surface area contributed by atoms with Crippen molar-refractivity contribution in [3.8, 4) is 0 Å². The molecule has 1 heterocycles. The van der Waals surface area contributed by atoms with Crippen LogP contribution in [0.15, 0.2) is 0 Å². The number of anilines is 1. The minimum atomic E-state index is -0.637. The van der Waals surface area contributed by atoms with E-state index in [2.05, 4.69) is 15.6 Å². The summed E-state index contributed by atoms with van der Waals surface area (Å²) in [4.78, 5) is 24.4. The summed E-state index contributed by atoms with van der Waals surface area (Å²) in [6.45, 7) is 2.26. The lowest BCUT2D eigenvalue weighted by molar-refractivity contribution is -0.388. The van der Waals surface area contributed by atoms with Crippen LogP contribution in [0.25, 0.3) is 0 Å². The number of nitrogens with one attached hydrogen (secondary N) is 2. The zero-order valence-electron chi connectivity index (χ0n) is 9.56. The molecule has 4 N–H and O–H groups in total. The predicted molar refractivity (Wildman–Crippen MR) is 60.7 cm³/mol. The largest absolute Gasteiger partial charge is 0.406 e. The molecule has 0 aliphatic carbocycles. The first-order chi connectivity index (χ1) is 7.93. The van der Waals surface area contributed by atoms with Gasteiger partial charge in [-0.15, -0.1) is 0 Å². The van der Waals surface area contributed by atoms with Crippen molar-refractivity contribution in [3.05, 3.63) is 15.9 Å². The van der Waals surface area contributed by atoms with Crippen molar-refractivity contribution >= 4 is 17.7 Å². The highest BCUT2D eigenvalue weighted by atomic mass is 16.6. The number of urea groups is 1. The SMILES string of the molecule is Cc1nc([N+](=O)[O-])c(NCCNC(N)=O)n1C. The van der Waals surface area contributed by atoms with Gasteiger partial charge in [0, 0.05) is 27.1 Å². The van der Waals surface area contributed by atoms with Crippen molar-refractivity contribution in [2.75, 3.05) is 18.4 Å². The van der Waals surface area contributed by atoms with Gasteiger partial charge in [-0.1, -0.05) is 0 Å². The van der Waals surface area contributed by atoms with Crippen LogP contribution in [0.1, 0.15) is 5.82 Å². The lowest BCUT2D eigenvalue weighted by atomic mass is 10.5. The second-order valence-corrected chi connectivity index (χ2v) is 3.37. The first-order valence-electron chi connectivity index (χ1n) is 4.88. The number of carbonyl (C=O) groups is 1. The normalized spacial score (nSPS) is 10.0. The minimum Gasteiger partial charge on any atom is -0.363 e. The summed E-state index contributed by atoms with van der Waals surface area (Å²) in [6.07, 6.45) is 0. The van der Waals surface area contributed by atoms with Gasteiger partial charge < -0.3 is 26.5 Å². The molecule has 1 aromatic rings. The number of imidazole rings is 1. The molecule has 0 aromatic carbocycles. The van der Waals surface area contributed by atoms with Crippen molar-refractivity contribution in [2.24, 2.45) is 12.8 Å². The number of rotatable bonds is 5. The van der Waals surface area contributed by atoms with Crippen LogP contribution < -0.4 is 16.4 Å². The molecule has 0 radical (unpaired) electrons. The van der Waals surface area contributed by atoms with Gasteiger partial charge in [-0.25, -0.2) is 4.79 Å².